The van der Waals surface area contributed by atoms with Gasteiger partial charge in [-0.15, -0.1) is 0 Å². The molecule has 1 fully saturated rings. The van der Waals surface area contributed by atoms with Crippen LogP contribution in [0.1, 0.15) is 30.1 Å². The third-order valence-electron chi connectivity index (χ3n) is 6.90. The smallest absolute Gasteiger partial charge is 0.316 e. The molecule has 1 N–H and O–H groups in total. The van der Waals surface area contributed by atoms with Crippen molar-refractivity contribution in [1.82, 2.24) is 9.47 Å². The normalized spacial score (nSPS) is 16.0. The largest absolute Gasteiger partial charge is 0.322 e. The number of carbonyl (C=O) groups is 2. The van der Waals surface area contributed by atoms with Gasteiger partial charge in [0.2, 0.25) is 5.91 Å². The second-order valence-corrected chi connectivity index (χ2v) is 10.6. The molecular formula is C29H23Cl3N4O2. The summed E-state index contributed by atoms with van der Waals surface area (Å²) in [4.78, 5) is 31.0. The number of nitrogens with zero attached hydrogens (tertiary/aromatic N) is 3. The molecule has 1 atom stereocenters. The fraction of sp³-hybridized carbons (Fsp3) is 0.172. The standard InChI is InChI=1S/C29H23Cl3N4O2/c30-19-7-3-6-18(16-19)28-25-12-5-15-34(25)23-10-1-2-11-24(23)36(28)26(37)17-35(20-13-14-20)29(38)33-22-9-4-8-21(31)27(22)32/h1-12,15-16,20,28H,13-14,17H2,(H,33,38). The number of hydrogen-bond acceptors (Lipinski definition) is 2. The molecule has 3 aromatic carbocycles. The van der Waals surface area contributed by atoms with E-state index in [-0.39, 0.29) is 23.5 Å². The van der Waals surface area contributed by atoms with E-state index in [2.05, 4.69) is 9.88 Å². The highest BCUT2D eigenvalue weighted by atomic mass is 35.5. The van der Waals surface area contributed by atoms with Gasteiger partial charge in [-0.25, -0.2) is 4.79 Å². The van der Waals surface area contributed by atoms with Gasteiger partial charge >= 0.3 is 6.03 Å². The highest BCUT2D eigenvalue weighted by molar-refractivity contribution is 6.44. The number of urea groups is 1. The predicted molar refractivity (Wildman–Crippen MR) is 152 cm³/mol. The second-order valence-electron chi connectivity index (χ2n) is 9.40. The van der Waals surface area contributed by atoms with Crippen LogP contribution in [0.25, 0.3) is 5.69 Å². The lowest BCUT2D eigenvalue weighted by Gasteiger charge is -2.39. The van der Waals surface area contributed by atoms with E-state index >= 15 is 0 Å². The number of nitrogens with one attached hydrogen (secondary N) is 1. The van der Waals surface area contributed by atoms with E-state index in [1.165, 1.54) is 0 Å². The molecule has 6 rings (SSSR count). The Morgan fingerprint density at radius 3 is 2.42 bits per heavy atom. The van der Waals surface area contributed by atoms with E-state index in [1.807, 2.05) is 66.9 Å². The average molecular weight is 566 g/mol. The Bertz CT molecular complexity index is 1550. The van der Waals surface area contributed by atoms with E-state index in [1.54, 1.807) is 28.0 Å². The van der Waals surface area contributed by atoms with Gasteiger partial charge in [-0.1, -0.05) is 65.1 Å². The highest BCUT2D eigenvalue weighted by Crippen LogP contribution is 2.43. The number of halogens is 3. The first kappa shape index (κ1) is 24.9. The molecule has 2 aliphatic rings. The molecule has 3 amide bonds. The average Bonchev–Trinajstić information content (AvgIpc) is 3.64. The van der Waals surface area contributed by atoms with Crippen LogP contribution in [0.2, 0.25) is 15.1 Å². The Labute approximate surface area is 235 Å². The molecule has 4 aromatic rings. The van der Waals surface area contributed by atoms with Gasteiger partial charge in [-0.3, -0.25) is 9.69 Å². The molecule has 1 aromatic heterocycles. The fourth-order valence-electron chi connectivity index (χ4n) is 5.02. The Morgan fingerprint density at radius 2 is 1.66 bits per heavy atom. The second kappa shape index (κ2) is 10.0. The van der Waals surface area contributed by atoms with Crippen LogP contribution in [0.4, 0.5) is 16.2 Å². The molecule has 192 valence electrons. The van der Waals surface area contributed by atoms with Crippen LogP contribution in [-0.4, -0.2) is 34.0 Å². The molecule has 38 heavy (non-hydrogen) atoms. The minimum absolute atomic E-state index is 0.0228. The third-order valence-corrected chi connectivity index (χ3v) is 7.95. The maximum atomic E-state index is 14.2. The van der Waals surface area contributed by atoms with Crippen LogP contribution in [-0.2, 0) is 4.79 Å². The first-order chi connectivity index (χ1) is 18.4. The number of rotatable bonds is 5. The van der Waals surface area contributed by atoms with Gasteiger partial charge in [-0.2, -0.15) is 0 Å². The van der Waals surface area contributed by atoms with Crippen molar-refractivity contribution < 1.29 is 9.59 Å². The Hall–Kier alpha value is -3.45. The number of hydrogen-bond donors (Lipinski definition) is 1. The van der Waals surface area contributed by atoms with E-state index < -0.39 is 12.1 Å². The fourth-order valence-corrected chi connectivity index (χ4v) is 5.56. The highest BCUT2D eigenvalue weighted by Gasteiger charge is 2.40. The number of fused-ring (bicyclic) bond motifs is 3. The molecule has 0 bridgehead atoms. The first-order valence-corrected chi connectivity index (χ1v) is 13.4. The SMILES string of the molecule is O=C(Nc1cccc(Cl)c1Cl)N(CC(=O)N1c2ccccc2-n2cccc2C1c1cccc(Cl)c1)C1CC1. The lowest BCUT2D eigenvalue weighted by molar-refractivity contribution is -0.119. The number of amides is 3. The molecule has 0 saturated heterocycles. The number of aromatic nitrogens is 1. The van der Waals surface area contributed by atoms with Gasteiger partial charge < -0.3 is 14.8 Å². The topological polar surface area (TPSA) is 57.6 Å². The molecule has 0 radical (unpaired) electrons. The third kappa shape index (κ3) is 4.53. The number of carbonyl (C=O) groups excluding carboxylic acids is 2. The zero-order valence-corrected chi connectivity index (χ0v) is 22.4. The number of para-hydroxylation sites is 2. The summed E-state index contributed by atoms with van der Waals surface area (Å²) in [5.41, 5.74) is 3.88. The molecule has 6 nitrogen and oxygen atoms in total. The van der Waals surface area contributed by atoms with Gasteiger partial charge in [0.05, 0.1) is 32.8 Å². The summed E-state index contributed by atoms with van der Waals surface area (Å²) >= 11 is 18.8. The van der Waals surface area contributed by atoms with E-state index in [4.69, 9.17) is 34.8 Å². The molecule has 9 heteroatoms. The van der Waals surface area contributed by atoms with Crippen LogP contribution >= 0.6 is 34.8 Å². The van der Waals surface area contributed by atoms with Crippen molar-refractivity contribution in [2.75, 3.05) is 16.8 Å². The van der Waals surface area contributed by atoms with Crippen molar-refractivity contribution in [3.63, 3.8) is 0 Å². The molecule has 1 unspecified atom stereocenters. The maximum Gasteiger partial charge on any atom is 0.322 e. The molecule has 1 aliphatic heterocycles. The van der Waals surface area contributed by atoms with E-state index in [0.29, 0.717) is 15.7 Å². The van der Waals surface area contributed by atoms with E-state index in [9.17, 15) is 9.59 Å². The summed E-state index contributed by atoms with van der Waals surface area (Å²) in [7, 11) is 0. The quantitative estimate of drug-likeness (QED) is 0.271. The molecule has 0 spiro atoms. The Morgan fingerprint density at radius 1 is 0.895 bits per heavy atom. The zero-order chi connectivity index (χ0) is 26.4. The first-order valence-electron chi connectivity index (χ1n) is 12.3. The monoisotopic (exact) mass is 564 g/mol. The van der Waals surface area contributed by atoms with Crippen LogP contribution < -0.4 is 10.2 Å². The van der Waals surface area contributed by atoms with Crippen molar-refractivity contribution in [3.8, 4) is 5.69 Å². The van der Waals surface area contributed by atoms with Gasteiger partial charge in [-0.05, 0) is 66.9 Å². The van der Waals surface area contributed by atoms with Gasteiger partial charge in [0.1, 0.15) is 12.6 Å². The van der Waals surface area contributed by atoms with Crippen molar-refractivity contribution in [2.45, 2.75) is 24.9 Å². The van der Waals surface area contributed by atoms with Crippen molar-refractivity contribution >= 4 is 58.1 Å². The lowest BCUT2D eigenvalue weighted by atomic mass is 9.97. The van der Waals surface area contributed by atoms with Gasteiger partial charge in [0.15, 0.2) is 0 Å². The summed E-state index contributed by atoms with van der Waals surface area (Å²) in [6, 6.07) is 23.5. The zero-order valence-electron chi connectivity index (χ0n) is 20.2. The maximum absolute atomic E-state index is 14.2. The van der Waals surface area contributed by atoms with Gasteiger partial charge in [0, 0.05) is 17.3 Å². The molecule has 2 heterocycles. The summed E-state index contributed by atoms with van der Waals surface area (Å²) in [6.45, 7) is -0.0964. The number of benzene rings is 3. The minimum Gasteiger partial charge on any atom is -0.316 e. The summed E-state index contributed by atoms with van der Waals surface area (Å²) in [6.07, 6.45) is 3.66. The summed E-state index contributed by atoms with van der Waals surface area (Å²) in [5, 5.41) is 4.03. The summed E-state index contributed by atoms with van der Waals surface area (Å²) < 4.78 is 2.09. The van der Waals surface area contributed by atoms with Crippen LogP contribution in [0.5, 0.6) is 0 Å². The Kier molecular flexibility index (Phi) is 6.56. The molecule has 1 aliphatic carbocycles. The number of anilines is 2. The van der Waals surface area contributed by atoms with Crippen LogP contribution in [0.3, 0.4) is 0 Å². The van der Waals surface area contributed by atoms with E-state index in [0.717, 1.165) is 35.5 Å². The van der Waals surface area contributed by atoms with Crippen molar-refractivity contribution in [3.05, 3.63) is 111 Å². The van der Waals surface area contributed by atoms with Gasteiger partial charge in [0.25, 0.3) is 0 Å². The summed E-state index contributed by atoms with van der Waals surface area (Å²) in [5.74, 6) is -0.200. The van der Waals surface area contributed by atoms with Crippen LogP contribution in [0.15, 0.2) is 85.1 Å². The van der Waals surface area contributed by atoms with Crippen LogP contribution in [0, 0.1) is 0 Å². The molecule has 1 saturated carbocycles. The lowest BCUT2D eigenvalue weighted by Crippen LogP contribution is -2.48. The predicted octanol–water partition coefficient (Wildman–Crippen LogP) is 7.57. The Balaban J connectivity index is 1.36. The van der Waals surface area contributed by atoms with Crippen molar-refractivity contribution in [2.24, 2.45) is 0 Å². The minimum atomic E-state index is -0.419. The van der Waals surface area contributed by atoms with Crippen molar-refractivity contribution in [1.29, 1.82) is 0 Å². The molecular weight excluding hydrogens is 543 g/mol.